The molecule has 3 aliphatic rings. The van der Waals surface area contributed by atoms with Crippen molar-refractivity contribution < 1.29 is 73.2 Å². The summed E-state index contributed by atoms with van der Waals surface area (Å²) in [6.07, 6.45) is -2.08. The summed E-state index contributed by atoms with van der Waals surface area (Å²) >= 11 is 12.2. The van der Waals surface area contributed by atoms with Gasteiger partial charge in [-0.2, -0.15) is 0 Å². The number of aliphatic hydroxyl groups excluding tert-OH is 5. The third-order valence-electron chi connectivity index (χ3n) is 8.97. The molecule has 2 aromatic carbocycles. The molecule has 3 unspecified atom stereocenters. The van der Waals surface area contributed by atoms with E-state index in [2.05, 4.69) is 98.7 Å². The zero-order valence-electron chi connectivity index (χ0n) is 34.5. The second-order valence-corrected chi connectivity index (χ2v) is 20.4. The Bertz CT molecular complexity index is 2220. The summed E-state index contributed by atoms with van der Waals surface area (Å²) in [5.41, 5.74) is 2.63. The van der Waals surface area contributed by atoms with Crippen LogP contribution >= 0.6 is 136 Å². The zero-order chi connectivity index (χ0) is 48.4. The van der Waals surface area contributed by atoms with E-state index in [0.29, 0.717) is 52.0 Å². The molecule has 3 amide bonds. The molecule has 65 heavy (non-hydrogen) atoms. The molecule has 0 radical (unpaired) electrons. The zero-order valence-corrected chi connectivity index (χ0v) is 47.5. The molecule has 0 fully saturated rings. The highest BCUT2D eigenvalue weighted by molar-refractivity contribution is 14.1. The van der Waals surface area contributed by atoms with Crippen LogP contribution in [-0.2, 0) is 42.9 Å². The topological polar surface area (TPSA) is 306 Å². The molecule has 3 heterocycles. The Morgan fingerprint density at radius 1 is 0.585 bits per heavy atom. The van der Waals surface area contributed by atoms with E-state index in [1.54, 1.807) is 0 Å². The number of anilines is 2. The van der Waals surface area contributed by atoms with E-state index in [1.807, 2.05) is 67.8 Å². The molecule has 0 saturated heterocycles. The number of ether oxygens (including phenoxy) is 5. The van der Waals surface area contributed by atoms with Crippen molar-refractivity contribution in [3.8, 4) is 0 Å². The van der Waals surface area contributed by atoms with Crippen LogP contribution in [0, 0.1) is 21.4 Å². The third kappa shape index (κ3) is 14.0. The highest BCUT2D eigenvalue weighted by atomic mass is 127. The van der Waals surface area contributed by atoms with Crippen LogP contribution in [0.25, 0.3) is 0 Å². The smallest absolute Gasteiger partial charge is 0.303 e. The summed E-state index contributed by atoms with van der Waals surface area (Å²) in [6, 6.07) is -2.09. The van der Waals surface area contributed by atoms with Crippen LogP contribution in [-0.4, -0.2) is 162 Å². The Labute approximate surface area is 453 Å². The van der Waals surface area contributed by atoms with E-state index in [0.717, 1.165) is 3.57 Å². The predicted molar refractivity (Wildman–Crippen MR) is 284 cm³/mol. The highest BCUT2D eigenvalue weighted by Crippen LogP contribution is 2.39. The number of rotatable bonds is 16. The second-order valence-electron chi connectivity index (χ2n) is 13.9. The molecule has 5 rings (SSSR count). The standard InChI is InChI=1S/C19H22I3N3O8.C19H20I3N3O7/c1-7(33-8(2)29)17(30)25-16-14(21)11(18(31)23-9(3-26)4-27)13(20)12(15(16)22)19-24-10(5-28)6-32-19;1-7(32-8(2)28)17(29)25-16-14(21)11(18-23-9(3-26)5-30-18)13(20)12(15(16)22)19-24-10(4-27)6-31-19/h7,9-10,26-28H,3-6H2,1-2H3,(H,23,31)(H,25,30);7,9-10,26-27H,3-6H2,1-2H3,(H,25,29)/t7-,10?;7-,9?,10?/m00/s1. The molecule has 0 spiro atoms. The van der Waals surface area contributed by atoms with Crippen LogP contribution in [0.3, 0.4) is 0 Å². The fourth-order valence-electron chi connectivity index (χ4n) is 5.71. The van der Waals surface area contributed by atoms with Crippen LogP contribution in [0.5, 0.6) is 0 Å². The number of carbonyl (C=O) groups is 5. The fourth-order valence-corrected chi connectivity index (χ4v) is 14.5. The van der Waals surface area contributed by atoms with Crippen molar-refractivity contribution in [1.82, 2.24) is 5.32 Å². The first-order valence-corrected chi connectivity index (χ1v) is 25.5. The van der Waals surface area contributed by atoms with Gasteiger partial charge in [0, 0.05) is 21.0 Å². The van der Waals surface area contributed by atoms with Crippen LogP contribution in [0.2, 0.25) is 0 Å². The van der Waals surface area contributed by atoms with Gasteiger partial charge in [0.25, 0.3) is 17.7 Å². The van der Waals surface area contributed by atoms with E-state index in [4.69, 9.17) is 23.7 Å². The summed E-state index contributed by atoms with van der Waals surface area (Å²) in [5, 5.41) is 55.1. The molecule has 3 aliphatic heterocycles. The number of hydrogen-bond donors (Lipinski definition) is 8. The van der Waals surface area contributed by atoms with Gasteiger partial charge >= 0.3 is 11.9 Å². The van der Waals surface area contributed by atoms with Crippen LogP contribution in [0.15, 0.2) is 15.0 Å². The van der Waals surface area contributed by atoms with E-state index >= 15 is 0 Å². The predicted octanol–water partition coefficient (Wildman–Crippen LogP) is 2.28. The van der Waals surface area contributed by atoms with Crippen LogP contribution < -0.4 is 16.0 Å². The van der Waals surface area contributed by atoms with Crippen LogP contribution in [0.4, 0.5) is 11.4 Å². The molecular formula is C38H42I6N6O15. The lowest BCUT2D eigenvalue weighted by atomic mass is 10.1. The monoisotopic (exact) mass is 1580 g/mol. The van der Waals surface area contributed by atoms with Gasteiger partial charge in [0.05, 0.1) is 87.0 Å². The van der Waals surface area contributed by atoms with Crippen molar-refractivity contribution in [2.75, 3.05) is 63.5 Å². The lowest BCUT2D eigenvalue weighted by molar-refractivity contribution is -0.151. The maximum atomic E-state index is 13.1. The Morgan fingerprint density at radius 3 is 1.23 bits per heavy atom. The number of aliphatic imine (C=N–C) groups is 3. The van der Waals surface area contributed by atoms with Crippen molar-refractivity contribution in [1.29, 1.82) is 0 Å². The average molecular weight is 1580 g/mol. The van der Waals surface area contributed by atoms with Crippen LogP contribution in [0.1, 0.15) is 54.7 Å². The summed E-state index contributed by atoms with van der Waals surface area (Å²) < 4.78 is 30.5. The summed E-state index contributed by atoms with van der Waals surface area (Å²) in [4.78, 5) is 74.2. The number of aliphatic hydroxyl groups is 5. The number of carbonyl (C=O) groups excluding carboxylic acids is 5. The van der Waals surface area contributed by atoms with E-state index in [-0.39, 0.29) is 68.9 Å². The maximum absolute atomic E-state index is 13.1. The van der Waals surface area contributed by atoms with Gasteiger partial charge in [-0.1, -0.05) is 0 Å². The number of nitrogens with one attached hydrogen (secondary N) is 3. The summed E-state index contributed by atoms with van der Waals surface area (Å²) in [7, 11) is 0. The van der Waals surface area contributed by atoms with Gasteiger partial charge in [0.2, 0.25) is 17.7 Å². The molecule has 0 bridgehead atoms. The Morgan fingerprint density at radius 2 is 0.923 bits per heavy atom. The normalized spacial score (nSPS) is 18.4. The first-order valence-electron chi connectivity index (χ1n) is 19.1. The van der Waals surface area contributed by atoms with Gasteiger partial charge in [-0.25, -0.2) is 15.0 Å². The second kappa shape index (κ2) is 25.8. The molecule has 8 N–H and O–H groups in total. The van der Waals surface area contributed by atoms with Crippen molar-refractivity contribution in [3.05, 3.63) is 43.7 Å². The van der Waals surface area contributed by atoms with Crippen molar-refractivity contribution in [2.45, 2.75) is 64.1 Å². The summed E-state index contributed by atoms with van der Waals surface area (Å²) in [6.45, 7) is 4.53. The van der Waals surface area contributed by atoms with Gasteiger partial charge in [0.1, 0.15) is 37.9 Å². The van der Waals surface area contributed by atoms with Crippen molar-refractivity contribution in [2.24, 2.45) is 15.0 Å². The van der Waals surface area contributed by atoms with Gasteiger partial charge in [-0.3, -0.25) is 24.0 Å². The number of amides is 3. The van der Waals surface area contributed by atoms with Crippen molar-refractivity contribution >= 4 is 194 Å². The van der Waals surface area contributed by atoms with Gasteiger partial charge < -0.3 is 65.2 Å². The van der Waals surface area contributed by atoms with E-state index in [1.165, 1.54) is 27.7 Å². The Balaban J connectivity index is 0.000000285. The van der Waals surface area contributed by atoms with Gasteiger partial charge in [0.15, 0.2) is 12.2 Å². The number of nitrogens with zero attached hydrogens (tertiary/aromatic N) is 3. The molecule has 0 aliphatic carbocycles. The maximum Gasteiger partial charge on any atom is 0.303 e. The fraction of sp³-hybridized carbons (Fsp3) is 0.474. The minimum absolute atomic E-state index is 0.147. The molecule has 21 nitrogen and oxygen atoms in total. The first kappa shape index (κ1) is 56.0. The SMILES string of the molecule is CC(=O)O[C@@H](C)C(=O)Nc1c(I)c(C(=O)NC(CO)CO)c(I)c(C2=NC(CO)CO2)c1I.CC(=O)O[C@@H](C)C(=O)Nc1c(I)c(C2=NC(CO)CO2)c(I)c(C2=NC(CO)CO2)c1I. The van der Waals surface area contributed by atoms with Gasteiger partial charge in [-0.15, -0.1) is 0 Å². The Hall–Kier alpha value is -1.62. The summed E-state index contributed by atoms with van der Waals surface area (Å²) in [5.74, 6) is -1.98. The molecule has 2 aromatic rings. The lowest BCUT2D eigenvalue weighted by Crippen LogP contribution is -2.41. The molecule has 0 aromatic heterocycles. The minimum Gasteiger partial charge on any atom is -0.475 e. The molecular weight excluding hydrogens is 1540 g/mol. The van der Waals surface area contributed by atoms with E-state index in [9.17, 15) is 49.5 Å². The lowest BCUT2D eigenvalue weighted by Gasteiger charge is -2.22. The van der Waals surface area contributed by atoms with E-state index < -0.39 is 67.2 Å². The average Bonchev–Trinajstić information content (AvgIpc) is 4.05. The number of hydrogen-bond acceptors (Lipinski definition) is 18. The largest absolute Gasteiger partial charge is 0.475 e. The number of benzene rings is 2. The molecule has 27 heteroatoms. The third-order valence-corrected chi connectivity index (χ3v) is 15.4. The quantitative estimate of drug-likeness (QED) is 0.0884. The highest BCUT2D eigenvalue weighted by Gasteiger charge is 2.35. The first-order chi connectivity index (χ1) is 30.7. The van der Waals surface area contributed by atoms with Gasteiger partial charge in [-0.05, 0) is 149 Å². The van der Waals surface area contributed by atoms with Crippen molar-refractivity contribution in [3.63, 3.8) is 0 Å². The number of halogens is 6. The molecule has 0 saturated carbocycles. The molecule has 356 valence electrons. The number of esters is 2. The molecule has 5 atom stereocenters. The Kier molecular flexibility index (Phi) is 22.2. The minimum atomic E-state index is -1.08.